The minimum absolute atomic E-state index is 0.259. The third-order valence-corrected chi connectivity index (χ3v) is 6.57. The van der Waals surface area contributed by atoms with Gasteiger partial charge in [0.1, 0.15) is 5.75 Å². The maximum Gasteiger partial charge on any atom is 0.338 e. The standard InChI is InChI=1S/C26H24N2O7S/c1-14-22(25(31)34-5)23(17-8-11-19(32-3)20(13-17)33-4)28-24(30)21(36-26(28)27-14)12-16-6-9-18(10-7-16)35-15(2)29/h6-13,23H,1-5H3/b21-12+/t23-/m1/s1. The van der Waals surface area contributed by atoms with Gasteiger partial charge in [-0.3, -0.25) is 14.2 Å². The van der Waals surface area contributed by atoms with Crippen LogP contribution < -0.4 is 29.1 Å². The summed E-state index contributed by atoms with van der Waals surface area (Å²) in [5.74, 6) is 0.400. The van der Waals surface area contributed by atoms with Crippen LogP contribution in [0.1, 0.15) is 31.0 Å². The number of esters is 2. The Balaban J connectivity index is 1.89. The number of carbonyl (C=O) groups excluding carboxylic acids is 2. The molecule has 0 bridgehead atoms. The lowest BCUT2D eigenvalue weighted by Crippen LogP contribution is -2.39. The molecule has 10 heteroatoms. The summed E-state index contributed by atoms with van der Waals surface area (Å²) < 4.78 is 22.8. The van der Waals surface area contributed by atoms with E-state index < -0.39 is 18.0 Å². The number of nitrogens with zero attached hydrogens (tertiary/aromatic N) is 2. The molecule has 1 atom stereocenters. The SMILES string of the molecule is COC(=O)C1=C(C)N=c2s/c(=C/c3ccc(OC(C)=O)cc3)c(=O)n2[C@@H]1c1ccc(OC)c(OC)c1. The smallest absolute Gasteiger partial charge is 0.338 e. The minimum atomic E-state index is -0.776. The second-order valence-electron chi connectivity index (χ2n) is 7.85. The summed E-state index contributed by atoms with van der Waals surface area (Å²) in [6.07, 6.45) is 1.73. The zero-order valence-electron chi connectivity index (χ0n) is 20.4. The van der Waals surface area contributed by atoms with Gasteiger partial charge in [0.25, 0.3) is 5.56 Å². The van der Waals surface area contributed by atoms with Gasteiger partial charge < -0.3 is 18.9 Å². The van der Waals surface area contributed by atoms with Gasteiger partial charge in [-0.15, -0.1) is 0 Å². The Hall–Kier alpha value is -4.18. The van der Waals surface area contributed by atoms with Crippen molar-refractivity contribution >= 4 is 29.4 Å². The van der Waals surface area contributed by atoms with Gasteiger partial charge in [0.05, 0.1) is 43.2 Å². The molecule has 3 aromatic rings. The van der Waals surface area contributed by atoms with Gasteiger partial charge in [0.15, 0.2) is 16.3 Å². The summed E-state index contributed by atoms with van der Waals surface area (Å²) >= 11 is 1.21. The zero-order chi connectivity index (χ0) is 26.0. The van der Waals surface area contributed by atoms with Gasteiger partial charge in [-0.05, 0) is 48.4 Å². The second kappa shape index (κ2) is 10.2. The largest absolute Gasteiger partial charge is 0.493 e. The molecule has 9 nitrogen and oxygen atoms in total. The highest BCUT2D eigenvalue weighted by Gasteiger charge is 2.33. The number of fused-ring (bicyclic) bond motifs is 1. The van der Waals surface area contributed by atoms with E-state index in [4.69, 9.17) is 18.9 Å². The van der Waals surface area contributed by atoms with Gasteiger partial charge in [-0.1, -0.05) is 29.5 Å². The van der Waals surface area contributed by atoms with Crippen molar-refractivity contribution < 1.29 is 28.5 Å². The molecule has 0 saturated heterocycles. The number of rotatable bonds is 6. The van der Waals surface area contributed by atoms with E-state index in [-0.39, 0.29) is 11.1 Å². The number of carbonyl (C=O) groups is 2. The molecule has 1 aromatic heterocycles. The van der Waals surface area contributed by atoms with Crippen LogP contribution in [0.2, 0.25) is 0 Å². The highest BCUT2D eigenvalue weighted by atomic mass is 32.1. The first kappa shape index (κ1) is 24.9. The minimum Gasteiger partial charge on any atom is -0.493 e. The summed E-state index contributed by atoms with van der Waals surface area (Å²) in [7, 11) is 4.34. The first-order chi connectivity index (χ1) is 17.3. The molecule has 0 aliphatic carbocycles. The number of hydrogen-bond acceptors (Lipinski definition) is 9. The molecular weight excluding hydrogens is 484 g/mol. The number of hydrogen-bond donors (Lipinski definition) is 0. The Morgan fingerprint density at radius 2 is 1.72 bits per heavy atom. The Bertz CT molecular complexity index is 1550. The van der Waals surface area contributed by atoms with Crippen molar-refractivity contribution in [2.24, 2.45) is 4.99 Å². The summed E-state index contributed by atoms with van der Waals surface area (Å²) in [5, 5.41) is 0. The lowest BCUT2D eigenvalue weighted by atomic mass is 9.95. The van der Waals surface area contributed by atoms with Gasteiger partial charge in [0, 0.05) is 6.92 Å². The fraction of sp³-hybridized carbons (Fsp3) is 0.231. The molecule has 0 spiro atoms. The average molecular weight is 509 g/mol. The van der Waals surface area contributed by atoms with Crippen LogP contribution in [0.15, 0.2) is 63.5 Å². The van der Waals surface area contributed by atoms with Crippen LogP contribution in [0.25, 0.3) is 6.08 Å². The molecule has 36 heavy (non-hydrogen) atoms. The van der Waals surface area contributed by atoms with E-state index in [9.17, 15) is 14.4 Å². The molecule has 0 saturated carbocycles. The van der Waals surface area contributed by atoms with Crippen molar-refractivity contribution in [3.8, 4) is 17.2 Å². The summed E-state index contributed by atoms with van der Waals surface area (Å²) in [5.41, 5.74) is 1.79. The molecule has 1 aliphatic heterocycles. The second-order valence-corrected chi connectivity index (χ2v) is 8.86. The van der Waals surface area contributed by atoms with E-state index in [2.05, 4.69) is 4.99 Å². The Morgan fingerprint density at radius 3 is 2.33 bits per heavy atom. The van der Waals surface area contributed by atoms with Crippen LogP contribution in [0.3, 0.4) is 0 Å². The Morgan fingerprint density at radius 1 is 1.03 bits per heavy atom. The molecule has 0 amide bonds. The van der Waals surface area contributed by atoms with E-state index in [1.54, 1.807) is 55.5 Å². The third kappa shape index (κ3) is 4.67. The molecule has 0 N–H and O–H groups in total. The Kier molecular flexibility index (Phi) is 7.07. The highest BCUT2D eigenvalue weighted by Crippen LogP contribution is 2.35. The van der Waals surface area contributed by atoms with Crippen LogP contribution in [0, 0.1) is 0 Å². The third-order valence-electron chi connectivity index (χ3n) is 5.59. The van der Waals surface area contributed by atoms with E-state index in [1.807, 2.05) is 0 Å². The topological polar surface area (TPSA) is 105 Å². The zero-order valence-corrected chi connectivity index (χ0v) is 21.2. The predicted octanol–water partition coefficient (Wildman–Crippen LogP) is 2.35. The molecule has 0 fully saturated rings. The van der Waals surface area contributed by atoms with Crippen molar-refractivity contribution in [1.29, 1.82) is 0 Å². The average Bonchev–Trinajstić information content (AvgIpc) is 3.17. The number of thiazole rings is 1. The first-order valence-corrected chi connectivity index (χ1v) is 11.7. The molecule has 186 valence electrons. The number of methoxy groups -OCH3 is 3. The monoisotopic (exact) mass is 508 g/mol. The van der Waals surface area contributed by atoms with Crippen LogP contribution >= 0.6 is 11.3 Å². The first-order valence-electron chi connectivity index (χ1n) is 10.9. The maximum atomic E-state index is 13.6. The molecule has 2 aromatic carbocycles. The van der Waals surface area contributed by atoms with E-state index in [0.29, 0.717) is 37.8 Å². The van der Waals surface area contributed by atoms with E-state index in [1.165, 1.54) is 44.2 Å². The summed E-state index contributed by atoms with van der Waals surface area (Å²) in [4.78, 5) is 42.6. The van der Waals surface area contributed by atoms with E-state index >= 15 is 0 Å². The van der Waals surface area contributed by atoms with Crippen LogP contribution in [-0.4, -0.2) is 37.8 Å². The molecule has 4 rings (SSSR count). The van der Waals surface area contributed by atoms with Crippen molar-refractivity contribution in [2.45, 2.75) is 19.9 Å². The maximum absolute atomic E-state index is 13.6. The summed E-state index contributed by atoms with van der Waals surface area (Å²) in [6.45, 7) is 3.04. The number of aromatic nitrogens is 1. The number of benzene rings is 2. The molecule has 2 heterocycles. The van der Waals surface area contributed by atoms with Crippen molar-refractivity contribution in [2.75, 3.05) is 21.3 Å². The highest BCUT2D eigenvalue weighted by molar-refractivity contribution is 7.07. The van der Waals surface area contributed by atoms with Crippen LogP contribution in [0.4, 0.5) is 0 Å². The van der Waals surface area contributed by atoms with Crippen LogP contribution in [-0.2, 0) is 14.3 Å². The van der Waals surface area contributed by atoms with Gasteiger partial charge >= 0.3 is 11.9 Å². The van der Waals surface area contributed by atoms with Gasteiger partial charge in [0.2, 0.25) is 0 Å². The van der Waals surface area contributed by atoms with Crippen molar-refractivity contribution in [3.63, 3.8) is 0 Å². The fourth-order valence-electron chi connectivity index (χ4n) is 3.98. The summed E-state index contributed by atoms with van der Waals surface area (Å²) in [6, 6.07) is 11.2. The number of ether oxygens (including phenoxy) is 4. The van der Waals surface area contributed by atoms with Crippen LogP contribution in [0.5, 0.6) is 17.2 Å². The number of allylic oxidation sites excluding steroid dienone is 1. The van der Waals surface area contributed by atoms with Crippen molar-refractivity contribution in [1.82, 2.24) is 4.57 Å². The molecular formula is C26H24N2O7S. The predicted molar refractivity (Wildman–Crippen MR) is 133 cm³/mol. The molecule has 1 aliphatic rings. The normalized spacial score (nSPS) is 15.1. The fourth-order valence-corrected chi connectivity index (χ4v) is 5.03. The molecule has 0 unspecified atom stereocenters. The lowest BCUT2D eigenvalue weighted by molar-refractivity contribution is -0.136. The Labute approximate surface area is 210 Å². The van der Waals surface area contributed by atoms with Gasteiger partial charge in [-0.25, -0.2) is 9.79 Å². The van der Waals surface area contributed by atoms with E-state index in [0.717, 1.165) is 5.56 Å². The molecule has 0 radical (unpaired) electrons. The quantitative estimate of drug-likeness (QED) is 0.372. The van der Waals surface area contributed by atoms with Gasteiger partial charge in [-0.2, -0.15) is 0 Å². The van der Waals surface area contributed by atoms with Crippen molar-refractivity contribution in [3.05, 3.63) is 84.5 Å². The lowest BCUT2D eigenvalue weighted by Gasteiger charge is -2.25.